The van der Waals surface area contributed by atoms with Crippen LogP contribution in [0.5, 0.6) is 0 Å². The first-order valence-corrected chi connectivity index (χ1v) is 6.09. The number of hydrogen-bond donors (Lipinski definition) is 1. The van der Waals surface area contributed by atoms with E-state index in [0.29, 0.717) is 0 Å². The van der Waals surface area contributed by atoms with Crippen molar-refractivity contribution >= 4 is 11.8 Å². The molecule has 2 N–H and O–H groups in total. The highest BCUT2D eigenvalue weighted by atomic mass is 32.2. The highest BCUT2D eigenvalue weighted by molar-refractivity contribution is 7.97. The van der Waals surface area contributed by atoms with Gasteiger partial charge in [0, 0.05) is 23.9 Å². The highest BCUT2D eigenvalue weighted by Gasteiger charge is 2.03. The van der Waals surface area contributed by atoms with Gasteiger partial charge in [0.1, 0.15) is 5.82 Å². The summed E-state index contributed by atoms with van der Waals surface area (Å²) in [7, 11) is 0. The van der Waals surface area contributed by atoms with Gasteiger partial charge < -0.3 is 5.73 Å². The summed E-state index contributed by atoms with van der Waals surface area (Å²) in [5, 5.41) is 0. The number of thioether (sulfide) groups is 1. The van der Waals surface area contributed by atoms with E-state index >= 15 is 0 Å². The van der Waals surface area contributed by atoms with Crippen molar-refractivity contribution in [3.8, 4) is 0 Å². The van der Waals surface area contributed by atoms with E-state index in [0.717, 1.165) is 29.4 Å². The first-order chi connectivity index (χ1) is 6.61. The first-order valence-electron chi connectivity index (χ1n) is 4.69. The van der Waals surface area contributed by atoms with E-state index in [1.165, 1.54) is 0 Å². The van der Waals surface area contributed by atoms with Gasteiger partial charge in [-0.15, -0.1) is 0 Å². The fraction of sp³-hybridized carbons (Fsp3) is 0.600. The lowest BCUT2D eigenvalue weighted by atomic mass is 10.2. The van der Waals surface area contributed by atoms with Gasteiger partial charge in [-0.2, -0.15) is 11.8 Å². The van der Waals surface area contributed by atoms with Gasteiger partial charge in [-0.25, -0.2) is 9.97 Å². The van der Waals surface area contributed by atoms with Gasteiger partial charge in [-0.3, -0.25) is 0 Å². The van der Waals surface area contributed by atoms with Crippen molar-refractivity contribution in [2.45, 2.75) is 32.1 Å². The Balaban J connectivity index is 2.83. The van der Waals surface area contributed by atoms with Crippen LogP contribution in [-0.2, 0) is 12.2 Å². The number of rotatable bonds is 4. The molecule has 0 aliphatic heterocycles. The van der Waals surface area contributed by atoms with Crippen LogP contribution in [0.4, 0.5) is 0 Å². The molecule has 0 amide bonds. The summed E-state index contributed by atoms with van der Waals surface area (Å²) in [6.45, 7) is 3.99. The minimum atomic E-state index is 0.159. The number of aryl methyl sites for hydroxylation is 1. The van der Waals surface area contributed by atoms with Crippen LogP contribution in [0.15, 0.2) is 6.07 Å². The van der Waals surface area contributed by atoms with Crippen LogP contribution in [0, 0.1) is 6.92 Å². The molecule has 0 aliphatic rings. The molecule has 0 saturated carbocycles. The van der Waals surface area contributed by atoms with Crippen molar-refractivity contribution in [3.05, 3.63) is 23.3 Å². The van der Waals surface area contributed by atoms with E-state index in [2.05, 4.69) is 16.2 Å². The van der Waals surface area contributed by atoms with Crippen LogP contribution < -0.4 is 5.73 Å². The van der Waals surface area contributed by atoms with Gasteiger partial charge in [-0.05, 0) is 26.2 Å². The van der Waals surface area contributed by atoms with Crippen molar-refractivity contribution < 1.29 is 0 Å². The number of nitrogens with two attached hydrogens (primary N) is 1. The zero-order valence-corrected chi connectivity index (χ0v) is 9.77. The van der Waals surface area contributed by atoms with E-state index in [9.17, 15) is 0 Å². The molecule has 0 radical (unpaired) electrons. The van der Waals surface area contributed by atoms with E-state index in [-0.39, 0.29) is 6.04 Å². The second-order valence-corrected chi connectivity index (χ2v) is 4.40. The Hall–Kier alpha value is -0.610. The highest BCUT2D eigenvalue weighted by Crippen LogP contribution is 2.08. The topological polar surface area (TPSA) is 51.8 Å². The van der Waals surface area contributed by atoms with Crippen LogP contribution in [0.25, 0.3) is 0 Å². The number of hydrogen-bond acceptors (Lipinski definition) is 4. The number of nitrogens with zero attached hydrogens (tertiary/aromatic N) is 2. The Morgan fingerprint density at radius 1 is 1.50 bits per heavy atom. The van der Waals surface area contributed by atoms with E-state index in [1.54, 1.807) is 11.8 Å². The third-order valence-corrected chi connectivity index (χ3v) is 2.30. The third kappa shape index (κ3) is 3.64. The second kappa shape index (κ2) is 5.32. The number of aromatic nitrogens is 2. The zero-order valence-electron chi connectivity index (χ0n) is 8.95. The smallest absolute Gasteiger partial charge is 0.138 e. The zero-order chi connectivity index (χ0) is 10.6. The van der Waals surface area contributed by atoms with Crippen LogP contribution >= 0.6 is 11.8 Å². The Morgan fingerprint density at radius 3 is 2.79 bits per heavy atom. The van der Waals surface area contributed by atoms with Crippen LogP contribution in [-0.4, -0.2) is 22.3 Å². The molecule has 3 nitrogen and oxygen atoms in total. The fourth-order valence-corrected chi connectivity index (χ4v) is 1.72. The van der Waals surface area contributed by atoms with E-state index < -0.39 is 0 Å². The molecule has 0 aromatic carbocycles. The minimum absolute atomic E-state index is 0.159. The lowest BCUT2D eigenvalue weighted by Crippen LogP contribution is -2.19. The Morgan fingerprint density at radius 2 is 2.21 bits per heavy atom. The summed E-state index contributed by atoms with van der Waals surface area (Å²) in [5.41, 5.74) is 7.81. The Kier molecular flexibility index (Phi) is 4.35. The molecule has 0 bridgehead atoms. The molecule has 1 aromatic heterocycles. The standard InChI is InChI=1S/C10H17N3S/c1-7(11)4-9-5-8(2)12-10(13-9)6-14-3/h5,7H,4,6,11H2,1-3H3. The first kappa shape index (κ1) is 11.5. The molecule has 1 rings (SSSR count). The molecule has 1 unspecified atom stereocenters. The van der Waals surface area contributed by atoms with Gasteiger partial charge in [0.05, 0.1) is 5.75 Å². The monoisotopic (exact) mass is 211 g/mol. The average Bonchev–Trinajstić information content (AvgIpc) is 2.01. The van der Waals surface area contributed by atoms with Gasteiger partial charge in [0.2, 0.25) is 0 Å². The van der Waals surface area contributed by atoms with Crippen molar-refractivity contribution in [3.63, 3.8) is 0 Å². The van der Waals surface area contributed by atoms with Gasteiger partial charge >= 0.3 is 0 Å². The summed E-state index contributed by atoms with van der Waals surface area (Å²) >= 11 is 1.73. The van der Waals surface area contributed by atoms with Crippen LogP contribution in [0.2, 0.25) is 0 Å². The lowest BCUT2D eigenvalue weighted by molar-refractivity contribution is 0.713. The minimum Gasteiger partial charge on any atom is -0.328 e. The van der Waals surface area contributed by atoms with Gasteiger partial charge in [-0.1, -0.05) is 0 Å². The molecular weight excluding hydrogens is 194 g/mol. The molecule has 78 valence electrons. The quantitative estimate of drug-likeness (QED) is 0.820. The van der Waals surface area contributed by atoms with Crippen molar-refractivity contribution in [2.24, 2.45) is 5.73 Å². The SMILES string of the molecule is CSCc1nc(C)cc(CC(C)N)n1. The second-order valence-electron chi connectivity index (χ2n) is 3.53. The van der Waals surface area contributed by atoms with Crippen LogP contribution in [0.1, 0.15) is 24.1 Å². The Labute approximate surface area is 89.5 Å². The van der Waals surface area contributed by atoms with Gasteiger partial charge in [0.25, 0.3) is 0 Å². The molecule has 0 saturated heterocycles. The summed E-state index contributed by atoms with van der Waals surface area (Å²) < 4.78 is 0. The largest absolute Gasteiger partial charge is 0.328 e. The Bertz CT molecular complexity index is 299. The molecule has 1 aromatic rings. The predicted molar refractivity (Wildman–Crippen MR) is 61.3 cm³/mol. The summed E-state index contributed by atoms with van der Waals surface area (Å²) in [5.74, 6) is 1.78. The molecule has 0 aliphatic carbocycles. The van der Waals surface area contributed by atoms with Crippen LogP contribution in [0.3, 0.4) is 0 Å². The third-order valence-electron chi connectivity index (χ3n) is 1.76. The summed E-state index contributed by atoms with van der Waals surface area (Å²) in [6, 6.07) is 2.17. The molecular formula is C10H17N3S. The van der Waals surface area contributed by atoms with E-state index in [1.807, 2.05) is 19.9 Å². The molecule has 1 heterocycles. The molecule has 0 fully saturated rings. The molecule has 14 heavy (non-hydrogen) atoms. The molecule has 4 heteroatoms. The average molecular weight is 211 g/mol. The molecule has 1 atom stereocenters. The summed E-state index contributed by atoms with van der Waals surface area (Å²) in [4.78, 5) is 8.81. The predicted octanol–water partition coefficient (Wildman–Crippen LogP) is 1.54. The van der Waals surface area contributed by atoms with E-state index in [4.69, 9.17) is 5.73 Å². The molecule has 0 spiro atoms. The maximum Gasteiger partial charge on any atom is 0.138 e. The lowest BCUT2D eigenvalue weighted by Gasteiger charge is -2.07. The maximum absolute atomic E-state index is 5.73. The van der Waals surface area contributed by atoms with Crippen molar-refractivity contribution in [2.75, 3.05) is 6.26 Å². The van der Waals surface area contributed by atoms with Crippen molar-refractivity contribution in [1.29, 1.82) is 0 Å². The summed E-state index contributed by atoms with van der Waals surface area (Å²) in [6.07, 6.45) is 2.88. The van der Waals surface area contributed by atoms with Gasteiger partial charge in [0.15, 0.2) is 0 Å². The van der Waals surface area contributed by atoms with Crippen molar-refractivity contribution in [1.82, 2.24) is 9.97 Å². The fourth-order valence-electron chi connectivity index (χ4n) is 1.33. The normalized spacial score (nSPS) is 12.9. The maximum atomic E-state index is 5.73.